The number of nitrogens with zero attached hydrogens (tertiary/aromatic N) is 1. The third kappa shape index (κ3) is 3.07. The van der Waals surface area contributed by atoms with E-state index in [9.17, 15) is 4.79 Å². The summed E-state index contributed by atoms with van der Waals surface area (Å²) < 4.78 is 5.42. The molecule has 1 aromatic heterocycles. The van der Waals surface area contributed by atoms with Crippen molar-refractivity contribution in [2.75, 3.05) is 11.9 Å². The quantitative estimate of drug-likeness (QED) is 0.874. The zero-order chi connectivity index (χ0) is 13.2. The molecule has 0 unspecified atom stereocenters. The van der Waals surface area contributed by atoms with E-state index in [2.05, 4.69) is 15.5 Å². The molecule has 0 aliphatic carbocycles. The van der Waals surface area contributed by atoms with Gasteiger partial charge < -0.3 is 10.1 Å². The summed E-state index contributed by atoms with van der Waals surface area (Å²) in [6.45, 7) is 5.78. The predicted molar refractivity (Wildman–Crippen MR) is 70.4 cm³/mol. The molecule has 0 aliphatic heterocycles. The number of aromatic nitrogens is 2. The molecule has 96 valence electrons. The van der Waals surface area contributed by atoms with Gasteiger partial charge in [-0.25, -0.2) is 0 Å². The van der Waals surface area contributed by atoms with Crippen molar-refractivity contribution in [2.24, 2.45) is 0 Å². The Labute approximate surface area is 106 Å². The van der Waals surface area contributed by atoms with Gasteiger partial charge in [-0.3, -0.25) is 9.89 Å². The van der Waals surface area contributed by atoms with Gasteiger partial charge in [-0.1, -0.05) is 6.07 Å². The Hall–Kier alpha value is -1.88. The van der Waals surface area contributed by atoms with E-state index in [1.54, 1.807) is 6.20 Å². The van der Waals surface area contributed by atoms with Gasteiger partial charge in [0.25, 0.3) is 0 Å². The van der Waals surface area contributed by atoms with Gasteiger partial charge in [0, 0.05) is 5.39 Å². The number of aromatic amines is 1. The summed E-state index contributed by atoms with van der Waals surface area (Å²) in [6.07, 6.45) is 1.69. The van der Waals surface area contributed by atoms with Crippen molar-refractivity contribution < 1.29 is 9.53 Å². The molecule has 1 amide bonds. The lowest BCUT2D eigenvalue weighted by Crippen LogP contribution is -2.27. The number of hydrogen-bond donors (Lipinski definition) is 2. The number of benzene rings is 1. The number of hydrogen-bond acceptors (Lipinski definition) is 3. The van der Waals surface area contributed by atoms with Crippen molar-refractivity contribution in [2.45, 2.75) is 26.4 Å². The Balaban J connectivity index is 2.05. The highest BCUT2D eigenvalue weighted by atomic mass is 16.5. The molecule has 2 N–H and O–H groups in total. The van der Waals surface area contributed by atoms with Gasteiger partial charge in [-0.15, -0.1) is 0 Å². The number of ether oxygens (including phenoxy) is 1. The van der Waals surface area contributed by atoms with Crippen LogP contribution in [0.4, 0.5) is 5.69 Å². The summed E-state index contributed by atoms with van der Waals surface area (Å²) in [5.41, 5.74) is 1.31. The minimum Gasteiger partial charge on any atom is -0.366 e. The van der Waals surface area contributed by atoms with Crippen LogP contribution < -0.4 is 5.32 Å². The van der Waals surface area contributed by atoms with Crippen molar-refractivity contribution in [1.82, 2.24) is 10.2 Å². The third-order valence-electron chi connectivity index (χ3n) is 2.40. The Kier molecular flexibility index (Phi) is 3.34. The first kappa shape index (κ1) is 12.6. The van der Waals surface area contributed by atoms with E-state index >= 15 is 0 Å². The fourth-order valence-corrected chi connectivity index (χ4v) is 1.55. The molecular formula is C13H17N3O2. The molecule has 1 aromatic carbocycles. The fourth-order valence-electron chi connectivity index (χ4n) is 1.55. The molecule has 2 aromatic rings. The summed E-state index contributed by atoms with van der Waals surface area (Å²) in [4.78, 5) is 11.8. The van der Waals surface area contributed by atoms with Crippen LogP contribution in [0.2, 0.25) is 0 Å². The maximum Gasteiger partial charge on any atom is 0.250 e. The number of amides is 1. The molecule has 5 nitrogen and oxygen atoms in total. The molecule has 0 saturated carbocycles. The second kappa shape index (κ2) is 4.78. The molecular weight excluding hydrogens is 230 g/mol. The first-order valence-corrected chi connectivity index (χ1v) is 5.81. The maximum atomic E-state index is 11.8. The number of carbonyl (C=O) groups is 1. The van der Waals surface area contributed by atoms with Gasteiger partial charge in [0.15, 0.2) is 0 Å². The summed E-state index contributed by atoms with van der Waals surface area (Å²) in [5, 5.41) is 10.5. The van der Waals surface area contributed by atoms with E-state index in [4.69, 9.17) is 4.74 Å². The van der Waals surface area contributed by atoms with E-state index in [-0.39, 0.29) is 18.1 Å². The molecule has 0 aliphatic rings. The Bertz CT molecular complexity index is 555. The second-order valence-electron chi connectivity index (χ2n) is 5.09. The molecule has 0 bridgehead atoms. The zero-order valence-electron chi connectivity index (χ0n) is 10.8. The van der Waals surface area contributed by atoms with E-state index in [1.165, 1.54) is 0 Å². The van der Waals surface area contributed by atoms with Crippen LogP contribution in [0.5, 0.6) is 0 Å². The summed E-state index contributed by atoms with van der Waals surface area (Å²) in [6, 6.07) is 5.61. The molecule has 2 rings (SSSR count). The van der Waals surface area contributed by atoms with Gasteiger partial charge in [0.2, 0.25) is 5.91 Å². The van der Waals surface area contributed by atoms with Crippen LogP contribution in [0.15, 0.2) is 24.4 Å². The van der Waals surface area contributed by atoms with Crippen LogP contribution in [0.25, 0.3) is 10.9 Å². The maximum absolute atomic E-state index is 11.8. The smallest absolute Gasteiger partial charge is 0.250 e. The van der Waals surface area contributed by atoms with Crippen molar-refractivity contribution in [3.63, 3.8) is 0 Å². The average molecular weight is 247 g/mol. The summed E-state index contributed by atoms with van der Waals surface area (Å²) in [5.74, 6) is -0.168. The Morgan fingerprint density at radius 3 is 2.94 bits per heavy atom. The van der Waals surface area contributed by atoms with E-state index in [1.807, 2.05) is 39.0 Å². The van der Waals surface area contributed by atoms with Crippen molar-refractivity contribution in [1.29, 1.82) is 0 Å². The zero-order valence-corrected chi connectivity index (χ0v) is 10.8. The Morgan fingerprint density at radius 1 is 1.44 bits per heavy atom. The SMILES string of the molecule is CC(C)(C)OCC(=O)Nc1cccc2[nH]ncc12. The standard InChI is InChI=1S/C13H17N3O2/c1-13(2,3)18-8-12(17)15-10-5-4-6-11-9(10)7-14-16-11/h4-7H,8H2,1-3H3,(H,14,16)(H,15,17). The highest BCUT2D eigenvalue weighted by molar-refractivity contribution is 6.01. The normalized spacial score (nSPS) is 11.7. The fraction of sp³-hybridized carbons (Fsp3) is 0.385. The molecule has 1 heterocycles. The average Bonchev–Trinajstić information content (AvgIpc) is 2.74. The largest absolute Gasteiger partial charge is 0.366 e. The van der Waals surface area contributed by atoms with Crippen LogP contribution in [-0.2, 0) is 9.53 Å². The summed E-state index contributed by atoms with van der Waals surface area (Å²) >= 11 is 0. The molecule has 0 radical (unpaired) electrons. The second-order valence-corrected chi connectivity index (χ2v) is 5.09. The molecule has 0 spiro atoms. The van der Waals surface area contributed by atoms with Gasteiger partial charge in [-0.05, 0) is 32.9 Å². The molecule has 18 heavy (non-hydrogen) atoms. The third-order valence-corrected chi connectivity index (χ3v) is 2.40. The van der Waals surface area contributed by atoms with Gasteiger partial charge in [-0.2, -0.15) is 5.10 Å². The molecule has 0 saturated heterocycles. The number of carbonyl (C=O) groups excluding carboxylic acids is 1. The predicted octanol–water partition coefficient (Wildman–Crippen LogP) is 2.32. The first-order chi connectivity index (χ1) is 8.46. The van der Waals surface area contributed by atoms with E-state index in [0.29, 0.717) is 0 Å². The highest BCUT2D eigenvalue weighted by Crippen LogP contribution is 2.20. The number of anilines is 1. The van der Waals surface area contributed by atoms with Crippen LogP contribution in [-0.4, -0.2) is 28.3 Å². The number of nitrogens with one attached hydrogen (secondary N) is 2. The lowest BCUT2D eigenvalue weighted by molar-refractivity contribution is -0.125. The number of rotatable bonds is 3. The summed E-state index contributed by atoms with van der Waals surface area (Å²) in [7, 11) is 0. The van der Waals surface area contributed by atoms with Crippen molar-refractivity contribution in [3.8, 4) is 0 Å². The van der Waals surface area contributed by atoms with E-state index in [0.717, 1.165) is 16.6 Å². The van der Waals surface area contributed by atoms with Crippen LogP contribution in [0.1, 0.15) is 20.8 Å². The van der Waals surface area contributed by atoms with Gasteiger partial charge >= 0.3 is 0 Å². The minimum absolute atomic E-state index is 0.0394. The van der Waals surface area contributed by atoms with E-state index < -0.39 is 0 Å². The Morgan fingerprint density at radius 2 is 2.22 bits per heavy atom. The monoisotopic (exact) mass is 247 g/mol. The van der Waals surface area contributed by atoms with Crippen molar-refractivity contribution in [3.05, 3.63) is 24.4 Å². The van der Waals surface area contributed by atoms with Crippen LogP contribution in [0.3, 0.4) is 0 Å². The van der Waals surface area contributed by atoms with Gasteiger partial charge in [0.1, 0.15) is 6.61 Å². The van der Waals surface area contributed by atoms with Gasteiger partial charge in [0.05, 0.1) is 23.0 Å². The number of fused-ring (bicyclic) bond motifs is 1. The first-order valence-electron chi connectivity index (χ1n) is 5.81. The van der Waals surface area contributed by atoms with Crippen molar-refractivity contribution >= 4 is 22.5 Å². The lowest BCUT2D eigenvalue weighted by atomic mass is 10.2. The molecule has 0 atom stereocenters. The number of H-pyrrole nitrogens is 1. The highest BCUT2D eigenvalue weighted by Gasteiger charge is 2.13. The molecule has 0 fully saturated rings. The molecule has 5 heteroatoms. The lowest BCUT2D eigenvalue weighted by Gasteiger charge is -2.19. The minimum atomic E-state index is -0.320. The topological polar surface area (TPSA) is 67.0 Å². The van der Waals surface area contributed by atoms with Crippen LogP contribution in [0, 0.1) is 0 Å². The van der Waals surface area contributed by atoms with Crippen LogP contribution >= 0.6 is 0 Å².